The molecule has 0 saturated heterocycles. The molecule has 4 rings (SSSR count). The van der Waals surface area contributed by atoms with E-state index < -0.39 is 0 Å². The van der Waals surface area contributed by atoms with E-state index in [4.69, 9.17) is 4.52 Å². The number of thioether (sulfide) groups is 1. The van der Waals surface area contributed by atoms with Gasteiger partial charge in [0.15, 0.2) is 10.8 Å². The molecule has 0 saturated carbocycles. The number of carbonyl (C=O) groups excluding carboxylic acids is 1. The van der Waals surface area contributed by atoms with Crippen molar-refractivity contribution in [2.24, 2.45) is 0 Å². The van der Waals surface area contributed by atoms with Crippen LogP contribution in [0.3, 0.4) is 0 Å². The van der Waals surface area contributed by atoms with Crippen LogP contribution in [0.2, 0.25) is 0 Å². The number of ketones is 1. The maximum Gasteiger partial charge on any atom is 0.235 e. The third-order valence-corrected chi connectivity index (χ3v) is 5.36. The molecule has 3 heterocycles. The minimum atomic E-state index is 0.0457. The number of hydrogen-bond acceptors (Lipinski definition) is 8. The third-order valence-electron chi connectivity index (χ3n) is 3.52. The van der Waals surface area contributed by atoms with Gasteiger partial charge in [0.1, 0.15) is 11.5 Å². The number of carbonyl (C=O) groups is 1. The zero-order valence-corrected chi connectivity index (χ0v) is 15.1. The molecule has 0 amide bonds. The number of rotatable bonds is 5. The first-order chi connectivity index (χ1) is 12.1. The fourth-order valence-corrected chi connectivity index (χ4v) is 3.84. The first-order valence-corrected chi connectivity index (χ1v) is 9.29. The number of nitrogens with zero attached hydrogens (tertiary/aromatic N) is 5. The molecule has 0 aliphatic heterocycles. The van der Waals surface area contributed by atoms with Crippen LogP contribution in [0, 0.1) is 13.8 Å². The van der Waals surface area contributed by atoms with Crippen molar-refractivity contribution in [1.29, 1.82) is 0 Å². The van der Waals surface area contributed by atoms with E-state index in [1.807, 2.05) is 44.2 Å². The predicted molar refractivity (Wildman–Crippen MR) is 95.1 cm³/mol. The van der Waals surface area contributed by atoms with Crippen LogP contribution in [0.4, 0.5) is 0 Å². The Morgan fingerprint density at radius 3 is 2.76 bits per heavy atom. The van der Waals surface area contributed by atoms with Crippen molar-refractivity contribution in [2.45, 2.75) is 19.0 Å². The standard InChI is InChI=1S/C16H13N5O2S2/c1-9-3-5-11(6-4-9)13(22)8-24-15-17-18-16-21(15)19-14(25-16)12-7-10(2)23-20-12/h3-7H,8H2,1-2H3. The van der Waals surface area contributed by atoms with Gasteiger partial charge in [-0.25, -0.2) is 0 Å². The van der Waals surface area contributed by atoms with Crippen molar-refractivity contribution < 1.29 is 9.32 Å². The second-order valence-electron chi connectivity index (χ2n) is 5.48. The Balaban J connectivity index is 1.52. The summed E-state index contributed by atoms with van der Waals surface area (Å²) in [6.07, 6.45) is 0. The fourth-order valence-electron chi connectivity index (χ4n) is 2.21. The van der Waals surface area contributed by atoms with E-state index in [0.717, 1.165) is 11.3 Å². The topological polar surface area (TPSA) is 86.2 Å². The number of aromatic nitrogens is 5. The maximum absolute atomic E-state index is 12.3. The van der Waals surface area contributed by atoms with Crippen LogP contribution in [0.1, 0.15) is 21.7 Å². The van der Waals surface area contributed by atoms with Crippen LogP contribution in [-0.2, 0) is 0 Å². The highest BCUT2D eigenvalue weighted by Gasteiger charge is 2.17. The summed E-state index contributed by atoms with van der Waals surface area (Å²) in [5.74, 6) is 1.04. The second-order valence-corrected chi connectivity index (χ2v) is 7.38. The van der Waals surface area contributed by atoms with Crippen LogP contribution in [0.25, 0.3) is 15.7 Å². The van der Waals surface area contributed by atoms with Gasteiger partial charge in [-0.2, -0.15) is 9.61 Å². The number of fused-ring (bicyclic) bond motifs is 1. The van der Waals surface area contributed by atoms with Gasteiger partial charge in [0.05, 0.1) is 5.75 Å². The minimum absolute atomic E-state index is 0.0457. The Hall–Kier alpha value is -2.52. The quantitative estimate of drug-likeness (QED) is 0.392. The number of aryl methyl sites for hydroxylation is 2. The molecular weight excluding hydrogens is 358 g/mol. The molecule has 25 heavy (non-hydrogen) atoms. The third kappa shape index (κ3) is 3.20. The molecule has 9 heteroatoms. The van der Waals surface area contributed by atoms with E-state index in [0.29, 0.717) is 26.4 Å². The highest BCUT2D eigenvalue weighted by Crippen LogP contribution is 2.27. The largest absolute Gasteiger partial charge is 0.361 e. The van der Waals surface area contributed by atoms with E-state index >= 15 is 0 Å². The van der Waals surface area contributed by atoms with Crippen LogP contribution in [0.15, 0.2) is 40.0 Å². The van der Waals surface area contributed by atoms with Crippen LogP contribution in [-0.4, -0.2) is 36.5 Å². The molecule has 7 nitrogen and oxygen atoms in total. The van der Waals surface area contributed by atoms with E-state index in [1.54, 1.807) is 4.52 Å². The first-order valence-electron chi connectivity index (χ1n) is 7.49. The van der Waals surface area contributed by atoms with Crippen LogP contribution in [0.5, 0.6) is 0 Å². The highest BCUT2D eigenvalue weighted by molar-refractivity contribution is 7.99. The lowest BCUT2D eigenvalue weighted by molar-refractivity contribution is 0.102. The fraction of sp³-hybridized carbons (Fsp3) is 0.188. The normalized spacial score (nSPS) is 11.3. The van der Waals surface area contributed by atoms with Crippen molar-refractivity contribution in [3.63, 3.8) is 0 Å². The summed E-state index contributed by atoms with van der Waals surface area (Å²) in [5.41, 5.74) is 2.48. The lowest BCUT2D eigenvalue weighted by Crippen LogP contribution is -2.03. The van der Waals surface area contributed by atoms with E-state index in [2.05, 4.69) is 20.5 Å². The number of benzene rings is 1. The molecular formula is C16H13N5O2S2. The minimum Gasteiger partial charge on any atom is -0.361 e. The van der Waals surface area contributed by atoms with Gasteiger partial charge in [0.25, 0.3) is 0 Å². The average molecular weight is 371 g/mol. The Morgan fingerprint density at radius 2 is 2.04 bits per heavy atom. The summed E-state index contributed by atoms with van der Waals surface area (Å²) in [4.78, 5) is 13.0. The summed E-state index contributed by atoms with van der Waals surface area (Å²) < 4.78 is 6.72. The number of hydrogen-bond donors (Lipinski definition) is 0. The Bertz CT molecular complexity index is 1050. The molecule has 0 N–H and O–H groups in total. The van der Waals surface area contributed by atoms with Crippen molar-refractivity contribution in [3.05, 3.63) is 47.2 Å². The smallest absolute Gasteiger partial charge is 0.235 e. The Labute approximate surface area is 151 Å². The average Bonchev–Trinajstić information content (AvgIpc) is 3.29. The Kier molecular flexibility index (Phi) is 4.10. The lowest BCUT2D eigenvalue weighted by Gasteiger charge is -2.00. The molecule has 0 atom stereocenters. The predicted octanol–water partition coefficient (Wildman–Crippen LogP) is 3.43. The zero-order chi connectivity index (χ0) is 17.4. The molecule has 126 valence electrons. The molecule has 0 unspecified atom stereocenters. The van der Waals surface area contributed by atoms with Gasteiger partial charge in [-0.3, -0.25) is 4.79 Å². The summed E-state index contributed by atoms with van der Waals surface area (Å²) in [7, 11) is 0. The van der Waals surface area contributed by atoms with Gasteiger partial charge in [0.2, 0.25) is 10.1 Å². The SMILES string of the molecule is Cc1ccc(C(=O)CSc2nnc3sc(-c4cc(C)on4)nn23)cc1. The van der Waals surface area contributed by atoms with Crippen molar-refractivity contribution >= 4 is 33.8 Å². The van der Waals surface area contributed by atoms with Gasteiger partial charge in [-0.1, -0.05) is 58.1 Å². The van der Waals surface area contributed by atoms with Gasteiger partial charge in [-0.05, 0) is 13.8 Å². The van der Waals surface area contributed by atoms with Gasteiger partial charge in [0, 0.05) is 11.6 Å². The summed E-state index contributed by atoms with van der Waals surface area (Å²) in [5, 5.41) is 17.9. The molecule has 0 radical (unpaired) electrons. The monoisotopic (exact) mass is 371 g/mol. The molecule has 0 spiro atoms. The second kappa shape index (κ2) is 6.41. The highest BCUT2D eigenvalue weighted by atomic mass is 32.2. The summed E-state index contributed by atoms with van der Waals surface area (Å²) in [6.45, 7) is 3.82. The van der Waals surface area contributed by atoms with Crippen LogP contribution >= 0.6 is 23.1 Å². The van der Waals surface area contributed by atoms with Crippen molar-refractivity contribution in [2.75, 3.05) is 5.75 Å². The summed E-state index contributed by atoms with van der Waals surface area (Å²) in [6, 6.07) is 9.36. The maximum atomic E-state index is 12.3. The molecule has 0 fully saturated rings. The van der Waals surface area contributed by atoms with E-state index in [1.165, 1.54) is 23.1 Å². The van der Waals surface area contributed by atoms with Gasteiger partial charge in [-0.15, -0.1) is 10.2 Å². The van der Waals surface area contributed by atoms with Crippen LogP contribution < -0.4 is 0 Å². The number of Topliss-reactive ketones (excluding diaryl/α,β-unsaturated/α-hetero) is 1. The van der Waals surface area contributed by atoms with Gasteiger partial charge >= 0.3 is 0 Å². The summed E-state index contributed by atoms with van der Waals surface area (Å²) >= 11 is 2.69. The molecule has 3 aromatic heterocycles. The zero-order valence-electron chi connectivity index (χ0n) is 13.5. The molecule has 0 aliphatic carbocycles. The van der Waals surface area contributed by atoms with Crippen molar-refractivity contribution in [1.82, 2.24) is 25.0 Å². The van der Waals surface area contributed by atoms with Crippen molar-refractivity contribution in [3.8, 4) is 10.7 Å². The first kappa shape index (κ1) is 16.0. The molecule has 4 aromatic rings. The van der Waals surface area contributed by atoms with Gasteiger partial charge < -0.3 is 4.52 Å². The molecule has 1 aromatic carbocycles. The molecule has 0 aliphatic rings. The lowest BCUT2D eigenvalue weighted by atomic mass is 10.1. The Morgan fingerprint density at radius 1 is 1.24 bits per heavy atom. The molecule has 0 bridgehead atoms. The van der Waals surface area contributed by atoms with E-state index in [9.17, 15) is 4.79 Å². The van der Waals surface area contributed by atoms with E-state index in [-0.39, 0.29) is 11.5 Å².